The molecular formula is C14H12FNO2S. The number of aromatic nitrogens is 1. The average molecular weight is 277 g/mol. The van der Waals surface area contributed by atoms with E-state index in [0.29, 0.717) is 16.2 Å². The van der Waals surface area contributed by atoms with Crippen molar-refractivity contribution in [1.29, 1.82) is 0 Å². The number of pyridine rings is 1. The molecule has 5 heteroatoms. The lowest BCUT2D eigenvalue weighted by Gasteiger charge is -2.03. The summed E-state index contributed by atoms with van der Waals surface area (Å²) in [5, 5.41) is 0. The first-order valence-corrected chi connectivity index (χ1v) is 6.60. The van der Waals surface area contributed by atoms with Gasteiger partial charge < -0.3 is 4.74 Å². The number of benzene rings is 1. The van der Waals surface area contributed by atoms with E-state index in [9.17, 15) is 9.18 Å². The van der Waals surface area contributed by atoms with Gasteiger partial charge in [-0.3, -0.25) is 4.98 Å². The molecule has 0 aliphatic rings. The molecule has 1 aromatic heterocycles. The third-order valence-electron chi connectivity index (χ3n) is 2.46. The second-order valence-electron chi connectivity index (χ2n) is 3.75. The standard InChI is InChI=1S/C14H12FNO2S/c1-18-14(17)10-6-7-11(16-8-10)9-19-13-5-3-2-4-12(13)15/h2-8H,9H2,1H3. The minimum absolute atomic E-state index is 0.237. The molecule has 0 bridgehead atoms. The van der Waals surface area contributed by atoms with Crippen molar-refractivity contribution < 1.29 is 13.9 Å². The van der Waals surface area contributed by atoms with E-state index in [1.54, 1.807) is 30.3 Å². The molecule has 1 heterocycles. The van der Waals surface area contributed by atoms with Crippen LogP contribution in [0.25, 0.3) is 0 Å². The summed E-state index contributed by atoms with van der Waals surface area (Å²) >= 11 is 1.37. The minimum atomic E-state index is -0.416. The maximum Gasteiger partial charge on any atom is 0.339 e. The van der Waals surface area contributed by atoms with Gasteiger partial charge >= 0.3 is 5.97 Å². The number of hydrogen-bond acceptors (Lipinski definition) is 4. The Morgan fingerprint density at radius 1 is 1.32 bits per heavy atom. The second-order valence-corrected chi connectivity index (χ2v) is 4.77. The summed E-state index contributed by atoms with van der Waals surface area (Å²) in [7, 11) is 1.32. The first-order valence-electron chi connectivity index (χ1n) is 5.61. The van der Waals surface area contributed by atoms with Gasteiger partial charge in [-0.1, -0.05) is 12.1 Å². The Hall–Kier alpha value is -1.88. The number of carbonyl (C=O) groups is 1. The van der Waals surface area contributed by atoms with Gasteiger partial charge in [-0.25, -0.2) is 9.18 Å². The van der Waals surface area contributed by atoms with Crippen molar-refractivity contribution in [2.45, 2.75) is 10.6 Å². The highest BCUT2D eigenvalue weighted by molar-refractivity contribution is 7.98. The molecule has 98 valence electrons. The fourth-order valence-electron chi connectivity index (χ4n) is 1.46. The smallest absolute Gasteiger partial charge is 0.339 e. The highest BCUT2D eigenvalue weighted by atomic mass is 32.2. The molecule has 0 aliphatic carbocycles. The fourth-order valence-corrected chi connectivity index (χ4v) is 2.32. The van der Waals surface area contributed by atoms with Crippen molar-refractivity contribution in [3.63, 3.8) is 0 Å². The largest absolute Gasteiger partial charge is 0.465 e. The first-order chi connectivity index (χ1) is 9.20. The van der Waals surface area contributed by atoms with E-state index >= 15 is 0 Å². The van der Waals surface area contributed by atoms with E-state index in [1.165, 1.54) is 31.1 Å². The van der Waals surface area contributed by atoms with Crippen LogP contribution in [0, 0.1) is 5.82 Å². The van der Waals surface area contributed by atoms with Gasteiger partial charge in [0, 0.05) is 16.8 Å². The molecule has 0 N–H and O–H groups in total. The second kappa shape index (κ2) is 6.33. The summed E-state index contributed by atoms with van der Waals surface area (Å²) < 4.78 is 18.0. The van der Waals surface area contributed by atoms with E-state index in [0.717, 1.165) is 5.69 Å². The van der Waals surface area contributed by atoms with Gasteiger partial charge in [0.05, 0.1) is 18.4 Å². The van der Waals surface area contributed by atoms with Crippen molar-refractivity contribution in [2.24, 2.45) is 0 Å². The zero-order valence-corrected chi connectivity index (χ0v) is 11.1. The quantitative estimate of drug-likeness (QED) is 0.635. The molecule has 0 spiro atoms. The number of carbonyl (C=O) groups excluding carboxylic acids is 1. The number of halogens is 1. The maximum atomic E-state index is 13.4. The van der Waals surface area contributed by atoms with Crippen molar-refractivity contribution in [1.82, 2.24) is 4.98 Å². The van der Waals surface area contributed by atoms with Crippen LogP contribution in [0.5, 0.6) is 0 Å². The molecule has 0 saturated carbocycles. The molecule has 0 unspecified atom stereocenters. The number of hydrogen-bond donors (Lipinski definition) is 0. The topological polar surface area (TPSA) is 39.2 Å². The lowest BCUT2D eigenvalue weighted by molar-refractivity contribution is 0.0600. The van der Waals surface area contributed by atoms with Crippen molar-refractivity contribution in [3.8, 4) is 0 Å². The lowest BCUT2D eigenvalue weighted by atomic mass is 10.2. The predicted molar refractivity (Wildman–Crippen MR) is 71.5 cm³/mol. The molecule has 3 nitrogen and oxygen atoms in total. The lowest BCUT2D eigenvalue weighted by Crippen LogP contribution is -2.02. The van der Waals surface area contributed by atoms with Crippen LogP contribution in [0.3, 0.4) is 0 Å². The molecule has 0 fully saturated rings. The third kappa shape index (κ3) is 3.54. The number of ether oxygens (including phenoxy) is 1. The average Bonchev–Trinajstić information content (AvgIpc) is 2.46. The molecule has 0 amide bonds. The Morgan fingerprint density at radius 2 is 2.11 bits per heavy atom. The van der Waals surface area contributed by atoms with Crippen LogP contribution in [-0.2, 0) is 10.5 Å². The highest BCUT2D eigenvalue weighted by Crippen LogP contribution is 2.24. The number of methoxy groups -OCH3 is 1. The Bertz CT molecular complexity index is 572. The van der Waals surface area contributed by atoms with Crippen molar-refractivity contribution >= 4 is 17.7 Å². The van der Waals surface area contributed by atoms with Crippen LogP contribution in [0.4, 0.5) is 4.39 Å². The van der Waals surface area contributed by atoms with Gasteiger partial charge in [0.1, 0.15) is 5.82 Å². The maximum absolute atomic E-state index is 13.4. The van der Waals surface area contributed by atoms with E-state index in [-0.39, 0.29) is 5.82 Å². The van der Waals surface area contributed by atoms with E-state index < -0.39 is 5.97 Å². The van der Waals surface area contributed by atoms with Gasteiger partial charge in [0.25, 0.3) is 0 Å². The summed E-state index contributed by atoms with van der Waals surface area (Å²) in [6.45, 7) is 0. The summed E-state index contributed by atoms with van der Waals surface area (Å²) in [6.07, 6.45) is 1.46. The van der Waals surface area contributed by atoms with Crippen molar-refractivity contribution in [3.05, 3.63) is 59.7 Å². The molecule has 0 saturated heterocycles. The number of thioether (sulfide) groups is 1. The van der Waals surface area contributed by atoms with Gasteiger partial charge in [0.15, 0.2) is 0 Å². The molecule has 0 radical (unpaired) electrons. The Balaban J connectivity index is 2.01. The number of esters is 1. The Kier molecular flexibility index (Phi) is 4.52. The van der Waals surface area contributed by atoms with Gasteiger partial charge in [-0.2, -0.15) is 0 Å². The van der Waals surface area contributed by atoms with Crippen LogP contribution in [0.2, 0.25) is 0 Å². The summed E-state index contributed by atoms with van der Waals surface area (Å²) in [5.41, 5.74) is 1.18. The molecule has 2 aromatic rings. The molecule has 0 aliphatic heterocycles. The van der Waals surface area contributed by atoms with E-state index in [4.69, 9.17) is 0 Å². The normalized spacial score (nSPS) is 10.2. The van der Waals surface area contributed by atoms with Crippen LogP contribution < -0.4 is 0 Å². The Morgan fingerprint density at radius 3 is 2.74 bits per heavy atom. The zero-order valence-electron chi connectivity index (χ0n) is 10.3. The minimum Gasteiger partial charge on any atom is -0.465 e. The summed E-state index contributed by atoms with van der Waals surface area (Å²) in [4.78, 5) is 16.0. The summed E-state index contributed by atoms with van der Waals surface area (Å²) in [6, 6.07) is 9.98. The van der Waals surface area contributed by atoms with Gasteiger partial charge in [-0.05, 0) is 24.3 Å². The third-order valence-corrected chi connectivity index (χ3v) is 3.54. The first kappa shape index (κ1) is 13.5. The van der Waals surface area contributed by atoms with Crippen molar-refractivity contribution in [2.75, 3.05) is 7.11 Å². The molecule has 19 heavy (non-hydrogen) atoms. The molecule has 2 rings (SSSR count). The SMILES string of the molecule is COC(=O)c1ccc(CSc2ccccc2F)nc1. The fraction of sp³-hybridized carbons (Fsp3) is 0.143. The van der Waals surface area contributed by atoms with Crippen LogP contribution in [0.1, 0.15) is 16.1 Å². The van der Waals surface area contributed by atoms with Gasteiger partial charge in [-0.15, -0.1) is 11.8 Å². The zero-order chi connectivity index (χ0) is 13.7. The summed E-state index contributed by atoms with van der Waals surface area (Å²) in [5.74, 6) is -0.109. The molecule has 1 aromatic carbocycles. The molecular weight excluding hydrogens is 265 g/mol. The monoisotopic (exact) mass is 277 g/mol. The molecule has 0 atom stereocenters. The van der Waals surface area contributed by atoms with E-state index in [1.807, 2.05) is 0 Å². The van der Waals surface area contributed by atoms with Crippen LogP contribution in [0.15, 0.2) is 47.5 Å². The number of rotatable bonds is 4. The highest BCUT2D eigenvalue weighted by Gasteiger charge is 2.06. The van der Waals surface area contributed by atoms with E-state index in [2.05, 4.69) is 9.72 Å². The number of nitrogens with zero attached hydrogens (tertiary/aromatic N) is 1. The van der Waals surface area contributed by atoms with Gasteiger partial charge in [0.2, 0.25) is 0 Å². The van der Waals surface area contributed by atoms with Crippen LogP contribution in [-0.4, -0.2) is 18.1 Å². The Labute approximate surface area is 114 Å². The predicted octanol–water partition coefficient (Wildman–Crippen LogP) is 3.30. The van der Waals surface area contributed by atoms with Crippen LogP contribution >= 0.6 is 11.8 Å².